The molecule has 1 saturated carbocycles. The van der Waals surface area contributed by atoms with Gasteiger partial charge < -0.3 is 10.1 Å². The van der Waals surface area contributed by atoms with E-state index in [1.54, 1.807) is 12.1 Å². The Morgan fingerprint density at radius 2 is 1.76 bits per heavy atom. The van der Waals surface area contributed by atoms with Crippen LogP contribution in [-0.4, -0.2) is 45.3 Å². The van der Waals surface area contributed by atoms with Crippen molar-refractivity contribution in [2.24, 2.45) is 17.3 Å². The second-order valence-electron chi connectivity index (χ2n) is 8.89. The number of esters is 1. The Hall–Kier alpha value is -1.93. The summed E-state index contributed by atoms with van der Waals surface area (Å²) >= 11 is 0. The van der Waals surface area contributed by atoms with E-state index in [4.69, 9.17) is 4.74 Å². The van der Waals surface area contributed by atoms with Gasteiger partial charge in [0.2, 0.25) is 10.0 Å². The third kappa shape index (κ3) is 6.27. The first-order valence-electron chi connectivity index (χ1n) is 9.90. The van der Waals surface area contributed by atoms with Gasteiger partial charge in [0.05, 0.1) is 10.8 Å². The highest BCUT2D eigenvalue weighted by molar-refractivity contribution is 7.89. The predicted molar refractivity (Wildman–Crippen MR) is 112 cm³/mol. The zero-order chi connectivity index (χ0) is 21.8. The van der Waals surface area contributed by atoms with Crippen molar-refractivity contribution in [2.75, 3.05) is 26.0 Å². The minimum Gasteiger partial charge on any atom is -0.455 e. The molecule has 0 unspecified atom stereocenters. The first-order valence-corrected chi connectivity index (χ1v) is 11.3. The van der Waals surface area contributed by atoms with E-state index in [2.05, 4.69) is 26.1 Å². The maximum Gasteiger partial charge on any atom is 0.309 e. The Labute approximate surface area is 173 Å². The zero-order valence-corrected chi connectivity index (χ0v) is 18.7. The fraction of sp³-hybridized carbons (Fsp3) is 0.619. The Kier molecular flexibility index (Phi) is 7.45. The highest BCUT2D eigenvalue weighted by atomic mass is 32.2. The van der Waals surface area contributed by atoms with Gasteiger partial charge in [0.25, 0.3) is 5.91 Å². The van der Waals surface area contributed by atoms with Crippen molar-refractivity contribution < 1.29 is 22.7 Å². The lowest BCUT2D eigenvalue weighted by Crippen LogP contribution is -2.31. The van der Waals surface area contributed by atoms with Crippen LogP contribution in [-0.2, 0) is 24.3 Å². The van der Waals surface area contributed by atoms with Gasteiger partial charge in [-0.25, -0.2) is 12.7 Å². The van der Waals surface area contributed by atoms with Crippen LogP contribution < -0.4 is 5.32 Å². The summed E-state index contributed by atoms with van der Waals surface area (Å²) in [6.07, 6.45) is 3.55. The first kappa shape index (κ1) is 23.3. The molecule has 1 fully saturated rings. The highest BCUT2D eigenvalue weighted by Crippen LogP contribution is 2.40. The molecule has 0 heterocycles. The minimum absolute atomic E-state index is 0.0768. The lowest BCUT2D eigenvalue weighted by atomic mass is 9.70. The lowest BCUT2D eigenvalue weighted by Gasteiger charge is -2.36. The first-order chi connectivity index (χ1) is 13.4. The average molecular weight is 425 g/mol. The van der Waals surface area contributed by atoms with Crippen LogP contribution in [0.15, 0.2) is 29.2 Å². The van der Waals surface area contributed by atoms with Crippen LogP contribution in [0.5, 0.6) is 0 Å². The van der Waals surface area contributed by atoms with E-state index in [1.165, 1.54) is 26.2 Å². The number of ether oxygens (including phenoxy) is 1. The van der Waals surface area contributed by atoms with Gasteiger partial charge in [0.15, 0.2) is 6.61 Å². The van der Waals surface area contributed by atoms with Crippen LogP contribution in [0.4, 0.5) is 5.69 Å². The van der Waals surface area contributed by atoms with E-state index in [-0.39, 0.29) is 28.8 Å². The van der Waals surface area contributed by atoms with Crippen molar-refractivity contribution in [3.8, 4) is 0 Å². The summed E-state index contributed by atoms with van der Waals surface area (Å²) in [7, 11) is -0.715. The van der Waals surface area contributed by atoms with Crippen LogP contribution in [0.2, 0.25) is 0 Å². The van der Waals surface area contributed by atoms with Crippen molar-refractivity contribution in [2.45, 2.75) is 51.3 Å². The number of hydrogen-bond donors (Lipinski definition) is 1. The molecule has 0 saturated heterocycles. The molecule has 0 aliphatic heterocycles. The third-order valence-corrected chi connectivity index (χ3v) is 7.34. The topological polar surface area (TPSA) is 92.8 Å². The summed E-state index contributed by atoms with van der Waals surface area (Å²) in [5.74, 6) is -0.395. The standard InChI is InChI=1S/C21H32N2O5S/c1-21(2,3)16-11-9-15(10-12-16)20(25)28-14-19(24)22-17-7-6-8-18(13-17)29(26,27)23(4)5/h6-8,13,15-16H,9-12,14H2,1-5H3,(H,22,24). The monoisotopic (exact) mass is 424 g/mol. The normalized spacial score (nSPS) is 20.3. The van der Waals surface area contributed by atoms with Crippen LogP contribution >= 0.6 is 0 Å². The molecule has 29 heavy (non-hydrogen) atoms. The van der Waals surface area contributed by atoms with Crippen molar-refractivity contribution in [3.05, 3.63) is 24.3 Å². The molecule has 0 atom stereocenters. The summed E-state index contributed by atoms with van der Waals surface area (Å²) in [6.45, 7) is 6.28. The molecule has 0 spiro atoms. The van der Waals surface area contributed by atoms with E-state index in [9.17, 15) is 18.0 Å². The zero-order valence-electron chi connectivity index (χ0n) is 17.9. The number of nitrogens with one attached hydrogen (secondary N) is 1. The number of sulfonamides is 1. The fourth-order valence-corrected chi connectivity index (χ4v) is 4.54. The summed E-state index contributed by atoms with van der Waals surface area (Å²) in [5.41, 5.74) is 0.572. The maximum atomic E-state index is 12.3. The number of carbonyl (C=O) groups excluding carboxylic acids is 2. The van der Waals surface area contributed by atoms with Crippen molar-refractivity contribution in [1.29, 1.82) is 0 Å². The molecule has 8 heteroatoms. The Bertz CT molecular complexity index is 835. The van der Waals surface area contributed by atoms with Crippen LogP contribution in [0.1, 0.15) is 46.5 Å². The second-order valence-corrected chi connectivity index (χ2v) is 11.0. The molecule has 0 aromatic heterocycles. The van der Waals surface area contributed by atoms with Gasteiger partial charge in [-0.2, -0.15) is 0 Å². The van der Waals surface area contributed by atoms with Gasteiger partial charge in [-0.3, -0.25) is 9.59 Å². The van der Waals surface area contributed by atoms with Crippen LogP contribution in [0, 0.1) is 17.3 Å². The molecular weight excluding hydrogens is 392 g/mol. The molecular formula is C21H32N2O5S. The van der Waals surface area contributed by atoms with Gasteiger partial charge >= 0.3 is 5.97 Å². The number of benzene rings is 1. The van der Waals surface area contributed by atoms with E-state index < -0.39 is 15.9 Å². The number of hydrogen-bond acceptors (Lipinski definition) is 5. The molecule has 1 aliphatic rings. The highest BCUT2D eigenvalue weighted by Gasteiger charge is 2.33. The largest absolute Gasteiger partial charge is 0.455 e. The van der Waals surface area contributed by atoms with E-state index in [0.717, 1.165) is 30.0 Å². The average Bonchev–Trinajstić information content (AvgIpc) is 2.65. The van der Waals surface area contributed by atoms with Crippen molar-refractivity contribution in [3.63, 3.8) is 0 Å². The summed E-state index contributed by atoms with van der Waals surface area (Å²) in [4.78, 5) is 24.5. The van der Waals surface area contributed by atoms with Crippen molar-refractivity contribution in [1.82, 2.24) is 4.31 Å². The molecule has 2 rings (SSSR count). The summed E-state index contributed by atoms with van der Waals surface area (Å²) < 4.78 is 30.7. The lowest BCUT2D eigenvalue weighted by molar-refractivity contribution is -0.153. The molecule has 1 aromatic rings. The Balaban J connectivity index is 1.86. The Morgan fingerprint density at radius 3 is 2.31 bits per heavy atom. The number of anilines is 1. The molecule has 162 valence electrons. The quantitative estimate of drug-likeness (QED) is 0.708. The number of nitrogens with zero attached hydrogens (tertiary/aromatic N) is 1. The van der Waals surface area contributed by atoms with E-state index in [0.29, 0.717) is 11.6 Å². The van der Waals surface area contributed by atoms with Gasteiger partial charge in [-0.1, -0.05) is 26.8 Å². The smallest absolute Gasteiger partial charge is 0.309 e. The molecule has 0 bridgehead atoms. The van der Waals surface area contributed by atoms with Crippen LogP contribution in [0.25, 0.3) is 0 Å². The van der Waals surface area contributed by atoms with Gasteiger partial charge in [0.1, 0.15) is 0 Å². The second kappa shape index (κ2) is 9.26. The molecule has 1 aromatic carbocycles. The van der Waals surface area contributed by atoms with Gasteiger partial charge in [-0.05, 0) is 55.2 Å². The van der Waals surface area contributed by atoms with Crippen molar-refractivity contribution >= 4 is 27.6 Å². The van der Waals surface area contributed by atoms with E-state index in [1.807, 2.05) is 0 Å². The number of amides is 1. The SMILES string of the molecule is CN(C)S(=O)(=O)c1cccc(NC(=O)COC(=O)C2CCC(C(C)(C)C)CC2)c1. The fourth-order valence-electron chi connectivity index (χ4n) is 3.59. The van der Waals surface area contributed by atoms with Gasteiger partial charge in [0, 0.05) is 19.8 Å². The predicted octanol–water partition coefficient (Wildman–Crippen LogP) is 3.27. The maximum absolute atomic E-state index is 12.3. The third-order valence-electron chi connectivity index (χ3n) is 5.53. The summed E-state index contributed by atoms with van der Waals surface area (Å²) in [6, 6.07) is 5.97. The minimum atomic E-state index is -3.59. The molecule has 1 amide bonds. The van der Waals surface area contributed by atoms with Gasteiger partial charge in [-0.15, -0.1) is 0 Å². The molecule has 1 aliphatic carbocycles. The Morgan fingerprint density at radius 1 is 1.14 bits per heavy atom. The number of rotatable bonds is 6. The van der Waals surface area contributed by atoms with E-state index >= 15 is 0 Å². The number of carbonyl (C=O) groups is 2. The van der Waals surface area contributed by atoms with Crippen LogP contribution in [0.3, 0.4) is 0 Å². The summed E-state index contributed by atoms with van der Waals surface area (Å²) in [5, 5.41) is 2.58. The molecule has 7 nitrogen and oxygen atoms in total. The molecule has 0 radical (unpaired) electrons. The molecule has 1 N–H and O–H groups in total.